The first-order chi connectivity index (χ1) is 7.65. The minimum atomic E-state index is 1.02. The van der Waals surface area contributed by atoms with E-state index < -0.39 is 0 Å². The Morgan fingerprint density at radius 2 is 2.06 bits per heavy atom. The smallest absolute Gasteiger partial charge is 0.0592 e. The van der Waals surface area contributed by atoms with Crippen molar-refractivity contribution in [3.63, 3.8) is 0 Å². The van der Waals surface area contributed by atoms with Gasteiger partial charge in [0.05, 0.1) is 10.2 Å². The van der Waals surface area contributed by atoms with Crippen molar-refractivity contribution in [2.24, 2.45) is 0 Å². The first-order valence-corrected chi connectivity index (χ1v) is 6.43. The van der Waals surface area contributed by atoms with Gasteiger partial charge in [-0.2, -0.15) is 0 Å². The largest absolute Gasteiger partial charge is 0.371 e. The molecule has 90 valence electrons. The fourth-order valence-electron chi connectivity index (χ4n) is 1.65. The minimum Gasteiger partial charge on any atom is -0.371 e. The van der Waals surface area contributed by atoms with Gasteiger partial charge in [-0.15, -0.1) is 0 Å². The van der Waals surface area contributed by atoms with E-state index >= 15 is 0 Å². The Morgan fingerprint density at radius 3 is 2.62 bits per heavy atom. The number of hydrogen-bond acceptors (Lipinski definition) is 3. The zero-order valence-corrected chi connectivity index (χ0v) is 11.9. The van der Waals surface area contributed by atoms with E-state index in [4.69, 9.17) is 0 Å². The van der Waals surface area contributed by atoms with Crippen molar-refractivity contribution in [3.05, 3.63) is 22.9 Å². The van der Waals surface area contributed by atoms with Crippen molar-refractivity contribution < 1.29 is 0 Å². The van der Waals surface area contributed by atoms with Crippen molar-refractivity contribution in [1.82, 2.24) is 9.88 Å². The molecule has 0 N–H and O–H groups in total. The molecule has 1 aromatic heterocycles. The molecule has 1 rings (SSSR count). The Balaban J connectivity index is 2.57. The summed E-state index contributed by atoms with van der Waals surface area (Å²) in [5, 5.41) is 0. The summed E-state index contributed by atoms with van der Waals surface area (Å²) < 4.78 is 1.07. The Hall–Kier alpha value is -0.610. The summed E-state index contributed by atoms with van der Waals surface area (Å²) in [4.78, 5) is 8.68. The third-order valence-electron chi connectivity index (χ3n) is 2.51. The van der Waals surface area contributed by atoms with Gasteiger partial charge in [-0.1, -0.05) is 0 Å². The molecule has 0 atom stereocenters. The van der Waals surface area contributed by atoms with Crippen molar-refractivity contribution in [2.75, 3.05) is 38.6 Å². The van der Waals surface area contributed by atoms with Crippen molar-refractivity contribution in [2.45, 2.75) is 13.3 Å². The fourth-order valence-corrected chi connectivity index (χ4v) is 2.15. The molecule has 0 unspecified atom stereocenters. The second-order valence-corrected chi connectivity index (χ2v) is 4.92. The lowest BCUT2D eigenvalue weighted by atomic mass is 10.3. The first kappa shape index (κ1) is 13.5. The molecular weight excluding hydrogens is 266 g/mol. The zero-order chi connectivity index (χ0) is 12.0. The number of nitrogens with zero attached hydrogens (tertiary/aromatic N) is 3. The number of halogens is 1. The molecule has 1 aromatic rings. The Bertz CT molecular complexity index is 315. The number of pyridine rings is 1. The Morgan fingerprint density at radius 1 is 1.31 bits per heavy atom. The van der Waals surface area contributed by atoms with Gasteiger partial charge in [-0.05, 0) is 56.0 Å². The van der Waals surface area contributed by atoms with Crippen LogP contribution in [-0.4, -0.2) is 43.6 Å². The van der Waals surface area contributed by atoms with Crippen LogP contribution < -0.4 is 4.90 Å². The maximum absolute atomic E-state index is 4.09. The summed E-state index contributed by atoms with van der Waals surface area (Å²) in [6.07, 6.45) is 4.87. The molecule has 1 heterocycles. The van der Waals surface area contributed by atoms with E-state index in [2.05, 4.69) is 57.8 Å². The molecule has 0 bridgehead atoms. The summed E-state index contributed by atoms with van der Waals surface area (Å²) in [7, 11) is 4.22. The van der Waals surface area contributed by atoms with Crippen LogP contribution in [0, 0.1) is 0 Å². The monoisotopic (exact) mass is 285 g/mol. The molecule has 0 radical (unpaired) electrons. The number of aromatic nitrogens is 1. The highest BCUT2D eigenvalue weighted by molar-refractivity contribution is 9.10. The molecule has 0 saturated heterocycles. The molecule has 0 aliphatic rings. The van der Waals surface area contributed by atoms with Gasteiger partial charge >= 0.3 is 0 Å². The summed E-state index contributed by atoms with van der Waals surface area (Å²) in [6, 6.07) is 2.06. The van der Waals surface area contributed by atoms with Crippen molar-refractivity contribution in [3.8, 4) is 0 Å². The van der Waals surface area contributed by atoms with E-state index in [9.17, 15) is 0 Å². The van der Waals surface area contributed by atoms with Crippen molar-refractivity contribution >= 4 is 21.6 Å². The molecule has 0 aliphatic carbocycles. The Labute approximate surface area is 107 Å². The van der Waals surface area contributed by atoms with Gasteiger partial charge in [0.2, 0.25) is 0 Å². The van der Waals surface area contributed by atoms with Gasteiger partial charge in [0.25, 0.3) is 0 Å². The van der Waals surface area contributed by atoms with Crippen LogP contribution >= 0.6 is 15.9 Å². The second kappa shape index (κ2) is 6.86. The van der Waals surface area contributed by atoms with Gasteiger partial charge in [-0.3, -0.25) is 4.98 Å². The molecule has 0 aromatic carbocycles. The zero-order valence-electron chi connectivity index (χ0n) is 10.3. The lowest BCUT2D eigenvalue weighted by molar-refractivity contribution is 0.400. The topological polar surface area (TPSA) is 19.4 Å². The van der Waals surface area contributed by atoms with Gasteiger partial charge in [0.15, 0.2) is 0 Å². The molecule has 0 amide bonds. The molecular formula is C12H20BrN3. The van der Waals surface area contributed by atoms with Crippen LogP contribution in [0.1, 0.15) is 13.3 Å². The molecule has 0 spiro atoms. The van der Waals surface area contributed by atoms with Crippen molar-refractivity contribution in [1.29, 1.82) is 0 Å². The van der Waals surface area contributed by atoms with E-state index in [1.54, 1.807) is 0 Å². The summed E-state index contributed by atoms with van der Waals surface area (Å²) in [6.45, 7) is 5.41. The van der Waals surface area contributed by atoms with Gasteiger partial charge in [-0.25, -0.2) is 0 Å². The number of anilines is 1. The average Bonchev–Trinajstić information content (AvgIpc) is 2.25. The van der Waals surface area contributed by atoms with Crippen LogP contribution in [-0.2, 0) is 0 Å². The molecule has 0 saturated carbocycles. The summed E-state index contributed by atoms with van der Waals surface area (Å²) in [5.74, 6) is 0. The van der Waals surface area contributed by atoms with Crippen LogP contribution in [0.25, 0.3) is 0 Å². The van der Waals surface area contributed by atoms with Crippen LogP contribution in [0.2, 0.25) is 0 Å². The highest BCUT2D eigenvalue weighted by Gasteiger charge is 2.07. The van der Waals surface area contributed by atoms with Crippen LogP contribution in [0.3, 0.4) is 0 Å². The highest BCUT2D eigenvalue weighted by atomic mass is 79.9. The molecule has 0 aliphatic heterocycles. The highest BCUT2D eigenvalue weighted by Crippen LogP contribution is 2.24. The third kappa shape index (κ3) is 4.10. The SMILES string of the molecule is CCN(CCCN(C)C)c1ccncc1Br. The predicted octanol–water partition coefficient (Wildman–Crippen LogP) is 2.62. The molecule has 3 nitrogen and oxygen atoms in total. The van der Waals surface area contributed by atoms with E-state index in [0.29, 0.717) is 0 Å². The van der Waals surface area contributed by atoms with Gasteiger partial charge < -0.3 is 9.80 Å². The second-order valence-electron chi connectivity index (χ2n) is 4.06. The predicted molar refractivity (Wildman–Crippen MR) is 73.0 cm³/mol. The van der Waals surface area contributed by atoms with Crippen LogP contribution in [0.5, 0.6) is 0 Å². The quantitative estimate of drug-likeness (QED) is 0.801. The van der Waals surface area contributed by atoms with Crippen LogP contribution in [0.15, 0.2) is 22.9 Å². The number of hydrogen-bond donors (Lipinski definition) is 0. The fraction of sp³-hybridized carbons (Fsp3) is 0.583. The number of rotatable bonds is 6. The summed E-state index contributed by atoms with van der Waals surface area (Å²) in [5.41, 5.74) is 1.23. The maximum Gasteiger partial charge on any atom is 0.0592 e. The minimum absolute atomic E-state index is 1.02. The van der Waals surface area contributed by atoms with E-state index in [1.165, 1.54) is 12.1 Å². The van der Waals surface area contributed by atoms with E-state index in [-0.39, 0.29) is 0 Å². The lowest BCUT2D eigenvalue weighted by Crippen LogP contribution is -2.27. The lowest BCUT2D eigenvalue weighted by Gasteiger charge is -2.24. The average molecular weight is 286 g/mol. The van der Waals surface area contributed by atoms with E-state index in [1.807, 2.05) is 12.4 Å². The van der Waals surface area contributed by atoms with Gasteiger partial charge in [0, 0.05) is 25.5 Å². The molecule has 4 heteroatoms. The van der Waals surface area contributed by atoms with Crippen LogP contribution in [0.4, 0.5) is 5.69 Å². The van der Waals surface area contributed by atoms with Gasteiger partial charge in [0.1, 0.15) is 0 Å². The normalized spacial score (nSPS) is 10.8. The van der Waals surface area contributed by atoms with E-state index in [0.717, 1.165) is 24.1 Å². The maximum atomic E-state index is 4.09. The molecule has 0 fully saturated rings. The summed E-state index contributed by atoms with van der Waals surface area (Å²) >= 11 is 3.54. The standard InChI is InChI=1S/C12H20BrN3/c1-4-16(9-5-8-15(2)3)12-6-7-14-10-11(12)13/h6-7,10H,4-5,8-9H2,1-3H3. The third-order valence-corrected chi connectivity index (χ3v) is 3.12. The molecule has 16 heavy (non-hydrogen) atoms. The first-order valence-electron chi connectivity index (χ1n) is 5.64. The Kier molecular flexibility index (Phi) is 5.77.